The predicted octanol–water partition coefficient (Wildman–Crippen LogP) is 2.53. The van der Waals surface area contributed by atoms with E-state index in [0.717, 1.165) is 11.1 Å². The van der Waals surface area contributed by atoms with Crippen molar-refractivity contribution in [2.75, 3.05) is 6.54 Å². The highest BCUT2D eigenvalue weighted by molar-refractivity contribution is 7.89. The van der Waals surface area contributed by atoms with Crippen molar-refractivity contribution < 1.29 is 12.8 Å². The highest BCUT2D eigenvalue weighted by Gasteiger charge is 2.17. The minimum absolute atomic E-state index is 0.00456. The fraction of sp³-hybridized carbons (Fsp3) is 0.176. The van der Waals surface area contributed by atoms with Crippen molar-refractivity contribution in [2.45, 2.75) is 18.2 Å². The van der Waals surface area contributed by atoms with E-state index in [4.69, 9.17) is 9.68 Å². The lowest BCUT2D eigenvalue weighted by atomic mass is 10.1. The van der Waals surface area contributed by atoms with Crippen LogP contribution in [-0.2, 0) is 16.4 Å². The van der Waals surface area contributed by atoms with Crippen molar-refractivity contribution in [1.29, 1.82) is 5.26 Å². The van der Waals surface area contributed by atoms with Crippen LogP contribution in [0.25, 0.3) is 11.1 Å². The Hall–Kier alpha value is -2.69. The molecule has 122 valence electrons. The second-order valence-electron chi connectivity index (χ2n) is 5.29. The molecule has 1 heterocycles. The van der Waals surface area contributed by atoms with Crippen molar-refractivity contribution >= 4 is 21.1 Å². The number of nitrogens with one attached hydrogen (secondary N) is 1. The van der Waals surface area contributed by atoms with Crippen molar-refractivity contribution in [3.8, 4) is 6.07 Å². The molecule has 0 fully saturated rings. The number of oxazole rings is 1. The van der Waals surface area contributed by atoms with Gasteiger partial charge >= 0.3 is 0 Å². The van der Waals surface area contributed by atoms with E-state index >= 15 is 0 Å². The van der Waals surface area contributed by atoms with Crippen LogP contribution in [0.1, 0.15) is 17.0 Å². The van der Waals surface area contributed by atoms with Gasteiger partial charge in [0.1, 0.15) is 11.6 Å². The van der Waals surface area contributed by atoms with Gasteiger partial charge in [0.05, 0.1) is 10.5 Å². The zero-order valence-corrected chi connectivity index (χ0v) is 13.8. The number of fused-ring (bicyclic) bond motifs is 1. The first-order chi connectivity index (χ1) is 11.5. The normalized spacial score (nSPS) is 11.5. The third-order valence-electron chi connectivity index (χ3n) is 3.56. The van der Waals surface area contributed by atoms with Gasteiger partial charge in [-0.1, -0.05) is 18.2 Å². The Kier molecular flexibility index (Phi) is 4.34. The Morgan fingerprint density at radius 1 is 1.25 bits per heavy atom. The molecule has 0 saturated heterocycles. The van der Waals surface area contributed by atoms with Crippen molar-refractivity contribution in [3.05, 3.63) is 59.5 Å². The molecular weight excluding hydrogens is 326 g/mol. The van der Waals surface area contributed by atoms with E-state index in [-0.39, 0.29) is 17.0 Å². The standard InChI is InChI=1S/C17H15N3O3S/c1-12-20-15-10-13(6-7-16(15)23-12)8-9-19-24(21,22)17-5-3-2-4-14(17)11-18/h2-7,10,19H,8-9H2,1H3. The maximum absolute atomic E-state index is 12.3. The minimum Gasteiger partial charge on any atom is -0.441 e. The van der Waals surface area contributed by atoms with E-state index in [1.165, 1.54) is 12.1 Å². The molecule has 0 unspecified atom stereocenters. The maximum atomic E-state index is 12.3. The summed E-state index contributed by atoms with van der Waals surface area (Å²) in [7, 11) is -3.72. The third kappa shape index (κ3) is 3.30. The van der Waals surface area contributed by atoms with Gasteiger partial charge in [-0.25, -0.2) is 18.1 Å². The molecule has 0 radical (unpaired) electrons. The molecule has 6 nitrogen and oxygen atoms in total. The maximum Gasteiger partial charge on any atom is 0.241 e. The molecule has 0 aliphatic rings. The number of nitriles is 1. The molecule has 0 atom stereocenters. The van der Waals surface area contributed by atoms with E-state index in [1.54, 1.807) is 19.1 Å². The molecule has 0 saturated carbocycles. The van der Waals surface area contributed by atoms with Crippen LogP contribution < -0.4 is 4.72 Å². The Bertz CT molecular complexity index is 1030. The van der Waals surface area contributed by atoms with Crippen LogP contribution in [0.2, 0.25) is 0 Å². The second-order valence-corrected chi connectivity index (χ2v) is 7.03. The summed E-state index contributed by atoms with van der Waals surface area (Å²) in [6.45, 7) is 2.00. The summed E-state index contributed by atoms with van der Waals surface area (Å²) in [6.07, 6.45) is 0.510. The van der Waals surface area contributed by atoms with E-state index in [9.17, 15) is 8.42 Å². The molecule has 3 aromatic rings. The van der Waals surface area contributed by atoms with Gasteiger partial charge in [0, 0.05) is 13.5 Å². The Labute approximate surface area is 139 Å². The van der Waals surface area contributed by atoms with Crippen LogP contribution in [0.4, 0.5) is 0 Å². The Morgan fingerprint density at radius 2 is 2.04 bits per heavy atom. The highest BCUT2D eigenvalue weighted by Crippen LogP contribution is 2.17. The zero-order valence-electron chi connectivity index (χ0n) is 13.0. The Morgan fingerprint density at radius 3 is 2.83 bits per heavy atom. The summed E-state index contributed by atoms with van der Waals surface area (Å²) in [5, 5.41) is 9.03. The van der Waals surface area contributed by atoms with Gasteiger partial charge in [-0.05, 0) is 36.2 Å². The molecule has 0 aliphatic heterocycles. The topological polar surface area (TPSA) is 96.0 Å². The first-order valence-electron chi connectivity index (χ1n) is 7.34. The van der Waals surface area contributed by atoms with Gasteiger partial charge in [0.15, 0.2) is 11.5 Å². The first kappa shape index (κ1) is 16.2. The molecule has 1 N–H and O–H groups in total. The summed E-state index contributed by atoms with van der Waals surface area (Å²) < 4.78 is 32.6. The fourth-order valence-electron chi connectivity index (χ4n) is 2.44. The number of benzene rings is 2. The number of sulfonamides is 1. The van der Waals surface area contributed by atoms with Crippen LogP contribution in [0.3, 0.4) is 0 Å². The smallest absolute Gasteiger partial charge is 0.241 e. The molecule has 0 aliphatic carbocycles. The average molecular weight is 341 g/mol. The molecule has 7 heteroatoms. The molecule has 1 aromatic heterocycles. The summed E-state index contributed by atoms with van der Waals surface area (Å²) >= 11 is 0. The summed E-state index contributed by atoms with van der Waals surface area (Å²) in [5.41, 5.74) is 2.54. The van der Waals surface area contributed by atoms with Crippen LogP contribution in [0.15, 0.2) is 51.8 Å². The lowest BCUT2D eigenvalue weighted by Crippen LogP contribution is -2.26. The largest absolute Gasteiger partial charge is 0.441 e. The van der Waals surface area contributed by atoms with Gasteiger partial charge in [-0.2, -0.15) is 5.26 Å². The average Bonchev–Trinajstić information content (AvgIpc) is 2.94. The van der Waals surface area contributed by atoms with Gasteiger partial charge in [0.2, 0.25) is 10.0 Å². The van der Waals surface area contributed by atoms with Crippen LogP contribution in [0, 0.1) is 18.3 Å². The van der Waals surface area contributed by atoms with Gasteiger partial charge in [0.25, 0.3) is 0 Å². The Balaban J connectivity index is 1.71. The monoisotopic (exact) mass is 341 g/mol. The van der Waals surface area contributed by atoms with Crippen LogP contribution >= 0.6 is 0 Å². The van der Waals surface area contributed by atoms with Crippen molar-refractivity contribution in [3.63, 3.8) is 0 Å². The lowest BCUT2D eigenvalue weighted by molar-refractivity contribution is 0.561. The van der Waals surface area contributed by atoms with E-state index in [0.29, 0.717) is 17.9 Å². The number of rotatable bonds is 5. The quantitative estimate of drug-likeness (QED) is 0.769. The van der Waals surface area contributed by atoms with Crippen LogP contribution in [0.5, 0.6) is 0 Å². The van der Waals surface area contributed by atoms with Crippen molar-refractivity contribution in [1.82, 2.24) is 9.71 Å². The summed E-state index contributed by atoms with van der Waals surface area (Å²) in [4.78, 5) is 4.25. The van der Waals surface area contributed by atoms with Gasteiger partial charge in [-0.15, -0.1) is 0 Å². The van der Waals surface area contributed by atoms with E-state index < -0.39 is 10.0 Å². The second kappa shape index (κ2) is 6.43. The zero-order chi connectivity index (χ0) is 17.2. The molecule has 0 amide bonds. The summed E-state index contributed by atoms with van der Waals surface area (Å²) in [5.74, 6) is 0.593. The SMILES string of the molecule is Cc1nc2cc(CCNS(=O)(=O)c3ccccc3C#N)ccc2o1. The number of hydrogen-bond donors (Lipinski definition) is 1. The summed E-state index contributed by atoms with van der Waals surface area (Å²) in [6, 6.07) is 13.6. The number of aryl methyl sites for hydroxylation is 1. The van der Waals surface area contributed by atoms with E-state index in [2.05, 4.69) is 9.71 Å². The highest BCUT2D eigenvalue weighted by atomic mass is 32.2. The molecule has 0 bridgehead atoms. The molecule has 3 rings (SSSR count). The first-order valence-corrected chi connectivity index (χ1v) is 8.83. The number of hydrogen-bond acceptors (Lipinski definition) is 5. The molecule has 2 aromatic carbocycles. The molecule has 24 heavy (non-hydrogen) atoms. The minimum atomic E-state index is -3.72. The predicted molar refractivity (Wildman–Crippen MR) is 88.8 cm³/mol. The van der Waals surface area contributed by atoms with Crippen LogP contribution in [-0.4, -0.2) is 19.9 Å². The molecule has 0 spiro atoms. The van der Waals surface area contributed by atoms with Gasteiger partial charge in [-0.3, -0.25) is 0 Å². The third-order valence-corrected chi connectivity index (χ3v) is 5.08. The fourth-order valence-corrected chi connectivity index (χ4v) is 3.63. The van der Waals surface area contributed by atoms with Gasteiger partial charge < -0.3 is 4.42 Å². The number of nitrogens with zero attached hydrogens (tertiary/aromatic N) is 2. The lowest BCUT2D eigenvalue weighted by Gasteiger charge is -2.08. The van der Waals surface area contributed by atoms with E-state index in [1.807, 2.05) is 24.3 Å². The number of aromatic nitrogens is 1. The molecular formula is C17H15N3O3S. The van der Waals surface area contributed by atoms with Crippen molar-refractivity contribution in [2.24, 2.45) is 0 Å².